The zero-order chi connectivity index (χ0) is 31.1. The van der Waals surface area contributed by atoms with Gasteiger partial charge in [-0.05, 0) is 86.1 Å². The summed E-state index contributed by atoms with van der Waals surface area (Å²) in [6.45, 7) is 2.36. The molecule has 2 aromatic heterocycles. The second kappa shape index (κ2) is 12.3. The van der Waals surface area contributed by atoms with Gasteiger partial charge in [0.25, 0.3) is 0 Å². The quantitative estimate of drug-likeness (QED) is 0.357. The Labute approximate surface area is 256 Å². The van der Waals surface area contributed by atoms with Crippen molar-refractivity contribution >= 4 is 15.9 Å². The highest BCUT2D eigenvalue weighted by Crippen LogP contribution is 2.37. The number of fused-ring (bicyclic) bond motifs is 2. The number of hydrogen-bond acceptors (Lipinski definition) is 5. The summed E-state index contributed by atoms with van der Waals surface area (Å²) in [5.41, 5.74) is 2.35. The van der Waals surface area contributed by atoms with Crippen LogP contribution in [0.25, 0.3) is 0 Å². The van der Waals surface area contributed by atoms with E-state index >= 15 is 0 Å². The Morgan fingerprint density at radius 2 is 1.91 bits per heavy atom. The molecular weight excluding hydrogens is 591 g/mol. The lowest BCUT2D eigenvalue weighted by Gasteiger charge is -2.42. The van der Waals surface area contributed by atoms with Gasteiger partial charge in [0.05, 0.1) is 16.5 Å². The van der Waals surface area contributed by atoms with Crippen LogP contribution in [0.2, 0.25) is 0 Å². The largest absolute Gasteiger partial charge is 0.416 e. The van der Waals surface area contributed by atoms with Crippen molar-refractivity contribution in [3.63, 3.8) is 0 Å². The van der Waals surface area contributed by atoms with Crippen molar-refractivity contribution in [2.24, 2.45) is 0 Å². The molecule has 0 N–H and O–H groups in total. The predicted molar refractivity (Wildman–Crippen MR) is 159 cm³/mol. The Bertz CT molecular complexity index is 1610. The number of carbonyl (C=O) groups excluding carboxylic acids is 1. The molecule has 236 valence electrons. The molecule has 1 unspecified atom stereocenters. The molecule has 8 nitrogen and oxygen atoms in total. The summed E-state index contributed by atoms with van der Waals surface area (Å²) in [5.74, 6) is -0.0502. The van der Waals surface area contributed by atoms with Gasteiger partial charge in [-0.25, -0.2) is 8.42 Å². The monoisotopic (exact) mass is 629 g/mol. The van der Waals surface area contributed by atoms with Crippen LogP contribution in [0.5, 0.6) is 0 Å². The smallest absolute Gasteiger partial charge is 0.349 e. The molecular formula is C32H38F3N5O3S. The minimum atomic E-state index is -4.66. The average Bonchev–Trinajstić information content (AvgIpc) is 3.52. The third-order valence-corrected chi connectivity index (χ3v) is 11.5. The minimum absolute atomic E-state index is 0.0502. The van der Waals surface area contributed by atoms with E-state index in [-0.39, 0.29) is 31.3 Å². The van der Waals surface area contributed by atoms with E-state index in [1.54, 1.807) is 0 Å². The Balaban J connectivity index is 1.14. The van der Waals surface area contributed by atoms with Crippen molar-refractivity contribution in [1.29, 1.82) is 0 Å². The van der Waals surface area contributed by atoms with E-state index in [0.717, 1.165) is 63.0 Å². The molecule has 1 aromatic carbocycles. The van der Waals surface area contributed by atoms with Crippen LogP contribution in [-0.4, -0.2) is 70.2 Å². The second-order valence-electron chi connectivity index (χ2n) is 12.2. The van der Waals surface area contributed by atoms with Gasteiger partial charge in [0.15, 0.2) is 0 Å². The fourth-order valence-corrected chi connectivity index (χ4v) is 8.83. The first-order valence-corrected chi connectivity index (χ1v) is 16.7. The molecule has 0 spiro atoms. The number of hydrogen-bond donors (Lipinski definition) is 0. The van der Waals surface area contributed by atoms with Gasteiger partial charge in [-0.15, -0.1) is 0 Å². The van der Waals surface area contributed by atoms with E-state index in [2.05, 4.69) is 16.0 Å². The molecule has 44 heavy (non-hydrogen) atoms. The van der Waals surface area contributed by atoms with Crippen LogP contribution in [0.1, 0.15) is 67.0 Å². The van der Waals surface area contributed by atoms with Gasteiger partial charge in [0.1, 0.15) is 0 Å². The minimum Gasteiger partial charge on any atom is -0.349 e. The topological polar surface area (TPSA) is 78.8 Å². The summed E-state index contributed by atoms with van der Waals surface area (Å²) in [6, 6.07) is 9.44. The lowest BCUT2D eigenvalue weighted by atomic mass is 9.87. The average molecular weight is 630 g/mol. The van der Waals surface area contributed by atoms with Gasteiger partial charge in [0, 0.05) is 76.0 Å². The lowest BCUT2D eigenvalue weighted by molar-refractivity contribution is -0.137. The molecule has 0 radical (unpaired) electrons. The number of nitrogens with zero attached hydrogens (tertiary/aromatic N) is 5. The maximum Gasteiger partial charge on any atom is 0.416 e. The highest BCUT2D eigenvalue weighted by Gasteiger charge is 2.39. The molecule has 0 bridgehead atoms. The van der Waals surface area contributed by atoms with Gasteiger partial charge < -0.3 is 9.47 Å². The van der Waals surface area contributed by atoms with Crippen molar-refractivity contribution in [3.05, 3.63) is 83.4 Å². The molecule has 3 aromatic rings. The molecule has 1 fully saturated rings. The van der Waals surface area contributed by atoms with E-state index in [0.29, 0.717) is 18.7 Å². The number of halogens is 3. The molecule has 3 aliphatic rings. The number of amides is 1. The number of sulfonamides is 1. The first-order valence-electron chi connectivity index (χ1n) is 15.3. The van der Waals surface area contributed by atoms with Crippen molar-refractivity contribution in [2.75, 3.05) is 20.1 Å². The summed E-state index contributed by atoms with van der Waals surface area (Å²) >= 11 is 0. The van der Waals surface area contributed by atoms with Crippen molar-refractivity contribution < 1.29 is 26.4 Å². The summed E-state index contributed by atoms with van der Waals surface area (Å²) in [7, 11) is -2.42. The highest BCUT2D eigenvalue weighted by atomic mass is 32.2. The van der Waals surface area contributed by atoms with Gasteiger partial charge in [-0.3, -0.25) is 14.7 Å². The maximum absolute atomic E-state index is 13.7. The maximum atomic E-state index is 13.7. The number of pyridine rings is 1. The summed E-state index contributed by atoms with van der Waals surface area (Å²) < 4.78 is 70.9. The van der Waals surface area contributed by atoms with Crippen LogP contribution in [0.4, 0.5) is 13.2 Å². The third kappa shape index (κ3) is 6.16. The lowest BCUT2D eigenvalue weighted by Crippen LogP contribution is -2.48. The molecule has 1 amide bonds. The molecule has 1 aliphatic carbocycles. The predicted octanol–water partition coefficient (Wildman–Crippen LogP) is 5.26. The SMILES string of the molecule is CN(C(=O)CCC1c2cccn2CCN1S(=O)(=O)c1cccc(C(F)(F)F)c1)[C@@H]1CCC[C@H](N2CCc3cnccc3C2)C1. The van der Waals surface area contributed by atoms with E-state index < -0.39 is 32.7 Å². The zero-order valence-electron chi connectivity index (χ0n) is 24.8. The van der Waals surface area contributed by atoms with Crippen LogP contribution in [-0.2, 0) is 40.5 Å². The molecule has 12 heteroatoms. The fraction of sp³-hybridized carbons (Fsp3) is 0.500. The second-order valence-corrected chi connectivity index (χ2v) is 14.1. The van der Waals surface area contributed by atoms with E-state index in [9.17, 15) is 26.4 Å². The van der Waals surface area contributed by atoms with Crippen molar-refractivity contribution in [3.8, 4) is 0 Å². The first kappa shape index (κ1) is 30.8. The standard InChI is InChI=1S/C32H38F3N5O3S/c1-37(26-6-3-7-27(20-26)39-16-13-23-21-36-14-12-24(23)22-39)31(41)11-10-30-29-9-4-15-38(29)17-18-40(30)44(42,43)28-8-2-5-25(19-28)32(33,34)35/h2,4-5,8-9,12,14-15,19,21,26-27,30H,3,6-7,10-11,13,16-18,20,22H2,1H3/t26-,27+,30?/m1/s1. The summed E-state index contributed by atoms with van der Waals surface area (Å²) in [5, 5.41) is 0. The van der Waals surface area contributed by atoms with E-state index in [1.165, 1.54) is 21.5 Å². The number of benzene rings is 1. The van der Waals surface area contributed by atoms with E-state index in [4.69, 9.17) is 0 Å². The van der Waals surface area contributed by atoms with Gasteiger partial charge >= 0.3 is 6.18 Å². The molecule has 4 heterocycles. The number of carbonyl (C=O) groups is 1. The molecule has 3 atom stereocenters. The molecule has 6 rings (SSSR count). The van der Waals surface area contributed by atoms with Crippen LogP contribution in [0, 0.1) is 0 Å². The zero-order valence-corrected chi connectivity index (χ0v) is 25.6. The van der Waals surface area contributed by atoms with E-state index in [1.807, 2.05) is 47.2 Å². The summed E-state index contributed by atoms with van der Waals surface area (Å²) in [6.07, 6.45) is 6.29. The Morgan fingerprint density at radius 1 is 1.07 bits per heavy atom. The Morgan fingerprint density at radius 3 is 2.73 bits per heavy atom. The van der Waals surface area contributed by atoms with Crippen LogP contribution >= 0.6 is 0 Å². The third-order valence-electron chi connectivity index (χ3n) is 9.64. The summed E-state index contributed by atoms with van der Waals surface area (Å²) in [4.78, 5) is 21.8. The first-order chi connectivity index (χ1) is 21.0. The number of aromatic nitrogens is 2. The van der Waals surface area contributed by atoms with Crippen LogP contribution in [0.15, 0.2) is 66.0 Å². The van der Waals surface area contributed by atoms with Gasteiger partial charge in [-0.1, -0.05) is 6.07 Å². The molecule has 2 aliphatic heterocycles. The number of alkyl halides is 3. The van der Waals surface area contributed by atoms with Crippen molar-refractivity contribution in [1.82, 2.24) is 23.7 Å². The normalized spacial score (nSPS) is 23.1. The van der Waals surface area contributed by atoms with Crippen molar-refractivity contribution in [2.45, 2.75) is 87.2 Å². The number of rotatable bonds is 7. The van der Waals surface area contributed by atoms with Crippen LogP contribution < -0.4 is 0 Å². The Hall–Kier alpha value is -3.22. The van der Waals surface area contributed by atoms with Gasteiger partial charge in [0.2, 0.25) is 15.9 Å². The Kier molecular flexibility index (Phi) is 8.60. The fourth-order valence-electron chi connectivity index (χ4n) is 7.16. The van der Waals surface area contributed by atoms with Gasteiger partial charge in [-0.2, -0.15) is 17.5 Å². The van der Waals surface area contributed by atoms with Crippen LogP contribution in [0.3, 0.4) is 0 Å². The highest BCUT2D eigenvalue weighted by molar-refractivity contribution is 7.89. The molecule has 1 saturated carbocycles. The molecule has 0 saturated heterocycles.